The molecule has 6 nitrogen and oxygen atoms in total. The van der Waals surface area contributed by atoms with Crippen LogP contribution in [0.4, 0.5) is 5.69 Å². The van der Waals surface area contributed by atoms with E-state index in [1.54, 1.807) is 4.90 Å². The number of thioether (sulfide) groups is 1. The van der Waals surface area contributed by atoms with Gasteiger partial charge in [0.05, 0.1) is 16.8 Å². The van der Waals surface area contributed by atoms with E-state index in [4.69, 9.17) is 0 Å². The number of aromatic nitrogens is 2. The van der Waals surface area contributed by atoms with E-state index in [2.05, 4.69) is 23.3 Å². The minimum absolute atomic E-state index is 0.0350. The third kappa shape index (κ3) is 4.82. The number of imidazole rings is 1. The lowest BCUT2D eigenvalue weighted by Gasteiger charge is -2.24. The van der Waals surface area contributed by atoms with Crippen LogP contribution < -0.4 is 5.32 Å². The molecule has 0 unspecified atom stereocenters. The van der Waals surface area contributed by atoms with Crippen molar-refractivity contribution in [1.29, 1.82) is 0 Å². The molecule has 1 fully saturated rings. The highest BCUT2D eigenvalue weighted by atomic mass is 32.2. The van der Waals surface area contributed by atoms with Gasteiger partial charge < -0.3 is 14.8 Å². The van der Waals surface area contributed by atoms with Crippen molar-refractivity contribution in [2.24, 2.45) is 7.05 Å². The first kappa shape index (κ1) is 23.2. The van der Waals surface area contributed by atoms with Crippen LogP contribution in [0, 0.1) is 6.92 Å². The second kappa shape index (κ2) is 9.96. The van der Waals surface area contributed by atoms with Gasteiger partial charge in [0.25, 0.3) is 0 Å². The van der Waals surface area contributed by atoms with Crippen LogP contribution in [0.25, 0.3) is 22.2 Å². The molecule has 0 spiro atoms. The predicted molar refractivity (Wildman–Crippen MR) is 141 cm³/mol. The molecule has 1 aliphatic heterocycles. The van der Waals surface area contributed by atoms with Crippen molar-refractivity contribution >= 4 is 40.3 Å². The van der Waals surface area contributed by atoms with Gasteiger partial charge in [0.15, 0.2) is 5.16 Å². The van der Waals surface area contributed by atoms with Crippen molar-refractivity contribution in [2.75, 3.05) is 17.6 Å². The molecule has 1 atom stereocenters. The van der Waals surface area contributed by atoms with Crippen molar-refractivity contribution in [2.45, 2.75) is 31.0 Å². The molecule has 0 bridgehead atoms. The van der Waals surface area contributed by atoms with Crippen LogP contribution >= 0.6 is 11.8 Å². The first-order chi connectivity index (χ1) is 17.0. The smallest absolute Gasteiger partial charge is 0.247 e. The van der Waals surface area contributed by atoms with Crippen molar-refractivity contribution < 1.29 is 9.59 Å². The summed E-state index contributed by atoms with van der Waals surface area (Å²) in [6, 6.07) is 23.4. The zero-order valence-corrected chi connectivity index (χ0v) is 20.7. The second-order valence-corrected chi connectivity index (χ2v) is 9.82. The standard InChI is InChI=1S/C28H28N4O2S/c1-19-14-15-23-25(17-19)31(2)28(30-23)35-18-26(33)32-16-8-13-24(32)27(34)29-22-12-7-6-11-21(22)20-9-4-3-5-10-20/h3-7,9-12,14-15,17,24H,8,13,16,18H2,1-2H3,(H,29,34)/t24-/m0/s1. The first-order valence-corrected chi connectivity index (χ1v) is 12.8. The van der Waals surface area contributed by atoms with Gasteiger partial charge in [0.1, 0.15) is 6.04 Å². The number of para-hydroxylation sites is 1. The van der Waals surface area contributed by atoms with Gasteiger partial charge in [0.2, 0.25) is 11.8 Å². The molecule has 0 saturated carbocycles. The molecule has 0 aliphatic carbocycles. The zero-order chi connectivity index (χ0) is 24.4. The summed E-state index contributed by atoms with van der Waals surface area (Å²) in [5.41, 5.74) is 5.90. The molecule has 3 aromatic carbocycles. The van der Waals surface area contributed by atoms with Gasteiger partial charge in [0, 0.05) is 24.8 Å². The highest BCUT2D eigenvalue weighted by molar-refractivity contribution is 7.99. The Labute approximate surface area is 209 Å². The van der Waals surface area contributed by atoms with Crippen molar-refractivity contribution in [3.05, 3.63) is 78.4 Å². The van der Waals surface area contributed by atoms with Gasteiger partial charge in [-0.05, 0) is 49.1 Å². The summed E-state index contributed by atoms with van der Waals surface area (Å²) in [4.78, 5) is 32.8. The highest BCUT2D eigenvalue weighted by Gasteiger charge is 2.34. The van der Waals surface area contributed by atoms with Gasteiger partial charge in [-0.2, -0.15) is 0 Å². The average Bonchev–Trinajstić information content (AvgIpc) is 3.49. The number of fused-ring (bicyclic) bond motifs is 1. The molecule has 35 heavy (non-hydrogen) atoms. The largest absolute Gasteiger partial charge is 0.330 e. The number of hydrogen-bond acceptors (Lipinski definition) is 4. The lowest BCUT2D eigenvalue weighted by atomic mass is 10.0. The molecule has 4 aromatic rings. The quantitative estimate of drug-likeness (QED) is 0.379. The molecule has 7 heteroatoms. The predicted octanol–water partition coefficient (Wildman–Crippen LogP) is 5.27. The Morgan fingerprint density at radius 1 is 1.06 bits per heavy atom. The van der Waals surface area contributed by atoms with Crippen LogP contribution in [-0.2, 0) is 16.6 Å². The fourth-order valence-electron chi connectivity index (χ4n) is 4.63. The van der Waals surface area contributed by atoms with E-state index >= 15 is 0 Å². The van der Waals surface area contributed by atoms with Crippen LogP contribution in [0.3, 0.4) is 0 Å². The third-order valence-electron chi connectivity index (χ3n) is 6.47. The Hall–Kier alpha value is -3.58. The summed E-state index contributed by atoms with van der Waals surface area (Å²) in [5, 5.41) is 3.89. The maximum Gasteiger partial charge on any atom is 0.247 e. The Bertz CT molecular complexity index is 1380. The van der Waals surface area contributed by atoms with Crippen LogP contribution in [0.5, 0.6) is 0 Å². The molecular weight excluding hydrogens is 456 g/mol. The molecule has 0 radical (unpaired) electrons. The Morgan fingerprint density at radius 2 is 1.83 bits per heavy atom. The number of likely N-dealkylation sites (tertiary alicyclic amines) is 1. The summed E-state index contributed by atoms with van der Waals surface area (Å²) in [7, 11) is 1.97. The molecular formula is C28H28N4O2S. The summed E-state index contributed by atoms with van der Waals surface area (Å²) in [5.74, 6) is 0.0789. The Morgan fingerprint density at radius 3 is 2.66 bits per heavy atom. The van der Waals surface area contributed by atoms with E-state index in [0.717, 1.165) is 39.4 Å². The Kier molecular flexibility index (Phi) is 6.59. The number of amides is 2. The lowest BCUT2D eigenvalue weighted by molar-refractivity contribution is -0.134. The number of anilines is 1. The number of nitrogens with one attached hydrogen (secondary N) is 1. The van der Waals surface area contributed by atoms with E-state index in [1.165, 1.54) is 17.3 Å². The topological polar surface area (TPSA) is 67.2 Å². The molecule has 5 rings (SSSR count). The van der Waals surface area contributed by atoms with Crippen molar-refractivity contribution in [3.63, 3.8) is 0 Å². The SMILES string of the molecule is Cc1ccc2nc(SCC(=O)N3CCC[C@H]3C(=O)Nc3ccccc3-c3ccccc3)n(C)c2c1. The van der Waals surface area contributed by atoms with E-state index in [9.17, 15) is 9.59 Å². The molecule has 1 aromatic heterocycles. The maximum absolute atomic E-state index is 13.3. The number of carbonyl (C=O) groups excluding carboxylic acids is 2. The Balaban J connectivity index is 1.27. The number of aryl methyl sites for hydroxylation is 2. The number of hydrogen-bond donors (Lipinski definition) is 1. The first-order valence-electron chi connectivity index (χ1n) is 11.8. The molecule has 1 saturated heterocycles. The third-order valence-corrected chi connectivity index (χ3v) is 7.48. The summed E-state index contributed by atoms with van der Waals surface area (Å²) in [6.45, 7) is 2.65. The van der Waals surface area contributed by atoms with Crippen LogP contribution in [0.15, 0.2) is 78.0 Å². The van der Waals surface area contributed by atoms with Crippen LogP contribution in [0.1, 0.15) is 18.4 Å². The minimum Gasteiger partial charge on any atom is -0.330 e. The zero-order valence-electron chi connectivity index (χ0n) is 19.9. The number of carbonyl (C=O) groups is 2. The normalized spacial score (nSPS) is 15.5. The summed E-state index contributed by atoms with van der Waals surface area (Å²) >= 11 is 1.42. The maximum atomic E-state index is 13.3. The monoisotopic (exact) mass is 484 g/mol. The average molecular weight is 485 g/mol. The molecule has 2 amide bonds. The van der Waals surface area contributed by atoms with Gasteiger partial charge in [-0.1, -0.05) is 66.4 Å². The van der Waals surface area contributed by atoms with Crippen molar-refractivity contribution in [1.82, 2.24) is 14.5 Å². The molecule has 1 aliphatic rings. The van der Waals surface area contributed by atoms with Gasteiger partial charge in [-0.25, -0.2) is 4.98 Å². The molecule has 2 heterocycles. The van der Waals surface area contributed by atoms with Crippen LogP contribution in [0.2, 0.25) is 0 Å². The van der Waals surface area contributed by atoms with Crippen LogP contribution in [-0.4, -0.2) is 44.6 Å². The number of benzene rings is 3. The van der Waals surface area contributed by atoms with Gasteiger partial charge >= 0.3 is 0 Å². The molecule has 178 valence electrons. The van der Waals surface area contributed by atoms with E-state index in [0.29, 0.717) is 13.0 Å². The van der Waals surface area contributed by atoms with E-state index in [-0.39, 0.29) is 17.6 Å². The lowest BCUT2D eigenvalue weighted by Crippen LogP contribution is -2.44. The summed E-state index contributed by atoms with van der Waals surface area (Å²) < 4.78 is 2.02. The number of rotatable bonds is 6. The molecule has 1 N–H and O–H groups in total. The number of nitrogens with zero attached hydrogens (tertiary/aromatic N) is 3. The fraction of sp³-hybridized carbons (Fsp3) is 0.250. The van der Waals surface area contributed by atoms with Crippen molar-refractivity contribution in [3.8, 4) is 11.1 Å². The van der Waals surface area contributed by atoms with Gasteiger partial charge in [-0.15, -0.1) is 0 Å². The van der Waals surface area contributed by atoms with E-state index < -0.39 is 6.04 Å². The highest BCUT2D eigenvalue weighted by Crippen LogP contribution is 2.29. The van der Waals surface area contributed by atoms with Gasteiger partial charge in [-0.3, -0.25) is 9.59 Å². The second-order valence-electron chi connectivity index (χ2n) is 8.88. The minimum atomic E-state index is -0.463. The summed E-state index contributed by atoms with van der Waals surface area (Å²) in [6.07, 6.45) is 1.49. The fourth-order valence-corrected chi connectivity index (χ4v) is 5.50. The van der Waals surface area contributed by atoms with E-state index in [1.807, 2.05) is 78.3 Å².